The molecule has 31 heavy (non-hydrogen) atoms. The number of halogens is 1. The Morgan fingerprint density at radius 2 is 1.29 bits per heavy atom. The van der Waals surface area contributed by atoms with Crippen molar-refractivity contribution in [1.29, 1.82) is 0 Å². The fourth-order valence-electron chi connectivity index (χ4n) is 3.94. The summed E-state index contributed by atoms with van der Waals surface area (Å²) in [5.41, 5.74) is 1.23. The zero-order chi connectivity index (χ0) is 22.4. The molecule has 2 nitrogen and oxygen atoms in total. The van der Waals surface area contributed by atoms with Gasteiger partial charge in [0.25, 0.3) is 0 Å². The Bertz CT molecular complexity index is 477. The van der Waals surface area contributed by atoms with Crippen molar-refractivity contribution in [2.75, 3.05) is 13.2 Å². The van der Waals surface area contributed by atoms with Crippen LogP contribution < -0.4 is 0 Å². The molecule has 1 rings (SSSR count). The smallest absolute Gasteiger partial charge is 0.0973 e. The van der Waals surface area contributed by atoms with E-state index in [0.717, 1.165) is 38.7 Å². The minimum absolute atomic E-state index is 0.206. The summed E-state index contributed by atoms with van der Waals surface area (Å²) in [7, 11) is 0. The maximum absolute atomic E-state index is 12.7. The van der Waals surface area contributed by atoms with Crippen LogP contribution in [0.1, 0.15) is 116 Å². The van der Waals surface area contributed by atoms with Crippen LogP contribution in [0.4, 0.5) is 4.39 Å². The van der Waals surface area contributed by atoms with Crippen LogP contribution in [0.5, 0.6) is 0 Å². The molecular formula is C28H49FO2. The van der Waals surface area contributed by atoms with Crippen LogP contribution in [-0.4, -0.2) is 25.5 Å². The number of benzene rings is 1. The molecule has 2 unspecified atom stereocenters. The predicted molar refractivity (Wildman–Crippen MR) is 131 cm³/mol. The lowest BCUT2D eigenvalue weighted by atomic mass is 10.0. The van der Waals surface area contributed by atoms with Crippen molar-refractivity contribution >= 4 is 0 Å². The van der Waals surface area contributed by atoms with Gasteiger partial charge in [0.15, 0.2) is 0 Å². The third-order valence-electron chi connectivity index (χ3n) is 5.88. The molecule has 0 aliphatic rings. The second-order valence-electron chi connectivity index (χ2n) is 9.09. The van der Waals surface area contributed by atoms with Crippen molar-refractivity contribution in [2.24, 2.45) is 0 Å². The van der Waals surface area contributed by atoms with Crippen LogP contribution in [0.3, 0.4) is 0 Å². The van der Waals surface area contributed by atoms with E-state index in [1.807, 2.05) is 6.07 Å². The van der Waals surface area contributed by atoms with Gasteiger partial charge in [0.05, 0.1) is 25.5 Å². The largest absolute Gasteiger partial charge is 0.379 e. The lowest BCUT2D eigenvalue weighted by Crippen LogP contribution is -2.20. The molecule has 3 heteroatoms. The highest BCUT2D eigenvalue weighted by molar-refractivity contribution is 5.13. The van der Waals surface area contributed by atoms with Crippen molar-refractivity contribution < 1.29 is 13.9 Å². The third kappa shape index (κ3) is 18.4. The lowest BCUT2D eigenvalue weighted by Gasteiger charge is -2.17. The first-order valence-corrected chi connectivity index (χ1v) is 13.1. The fraction of sp³-hybridized carbons (Fsp3) is 0.786. The minimum Gasteiger partial charge on any atom is -0.379 e. The number of unbranched alkanes of at least 4 members (excludes halogenated alkanes) is 11. The highest BCUT2D eigenvalue weighted by Gasteiger charge is 2.08. The molecule has 180 valence electrons. The number of rotatable bonds is 22. The number of hydrogen-bond donors (Lipinski definition) is 0. The Morgan fingerprint density at radius 1 is 0.742 bits per heavy atom. The van der Waals surface area contributed by atoms with Crippen molar-refractivity contribution in [3.8, 4) is 0 Å². The van der Waals surface area contributed by atoms with Gasteiger partial charge in [-0.15, -0.1) is 0 Å². The predicted octanol–water partition coefficient (Wildman–Crippen LogP) is 8.82. The molecule has 0 aromatic heterocycles. The lowest BCUT2D eigenvalue weighted by molar-refractivity contribution is -0.0295. The van der Waals surface area contributed by atoms with Crippen LogP contribution >= 0.6 is 0 Å². The van der Waals surface area contributed by atoms with E-state index in [1.54, 1.807) is 6.92 Å². The van der Waals surface area contributed by atoms with Gasteiger partial charge in [-0.1, -0.05) is 114 Å². The van der Waals surface area contributed by atoms with E-state index in [9.17, 15) is 4.39 Å². The van der Waals surface area contributed by atoms with E-state index >= 15 is 0 Å². The molecule has 2 atom stereocenters. The SMILES string of the molecule is CCCC(COCCCCCCCCCCCCCCC(C)F)OCc1ccccc1. The number of hydrogen-bond acceptors (Lipinski definition) is 2. The number of ether oxygens (including phenoxy) is 2. The molecule has 0 spiro atoms. The first-order valence-electron chi connectivity index (χ1n) is 13.1. The standard InChI is InChI=1S/C28H49FO2/c1-3-19-28(31-24-27-21-16-14-17-22-27)25-30-23-18-13-11-9-7-5-4-6-8-10-12-15-20-26(2)29/h14,16-17,21-22,26,28H,3-13,15,18-20,23-25H2,1-2H3. The summed E-state index contributed by atoms with van der Waals surface area (Å²) in [6.45, 7) is 6.12. The van der Waals surface area contributed by atoms with Gasteiger partial charge in [-0.3, -0.25) is 0 Å². The van der Waals surface area contributed by atoms with Gasteiger partial charge < -0.3 is 9.47 Å². The quantitative estimate of drug-likeness (QED) is 0.169. The van der Waals surface area contributed by atoms with E-state index < -0.39 is 6.17 Å². The maximum Gasteiger partial charge on any atom is 0.0973 e. The van der Waals surface area contributed by atoms with Crippen LogP contribution in [0.15, 0.2) is 30.3 Å². The van der Waals surface area contributed by atoms with Crippen LogP contribution in [-0.2, 0) is 16.1 Å². The Hall–Kier alpha value is -0.930. The van der Waals surface area contributed by atoms with Gasteiger partial charge in [-0.2, -0.15) is 0 Å². The van der Waals surface area contributed by atoms with E-state index in [1.165, 1.54) is 69.8 Å². The normalized spacial score (nSPS) is 13.4. The second kappa shape index (κ2) is 20.9. The van der Waals surface area contributed by atoms with Crippen LogP contribution in [0.2, 0.25) is 0 Å². The topological polar surface area (TPSA) is 18.5 Å². The Morgan fingerprint density at radius 3 is 1.84 bits per heavy atom. The molecule has 1 aromatic rings. The highest BCUT2D eigenvalue weighted by Crippen LogP contribution is 2.14. The molecule has 0 saturated carbocycles. The monoisotopic (exact) mass is 436 g/mol. The third-order valence-corrected chi connectivity index (χ3v) is 5.88. The van der Waals surface area contributed by atoms with Crippen LogP contribution in [0.25, 0.3) is 0 Å². The summed E-state index contributed by atoms with van der Waals surface area (Å²) < 4.78 is 24.7. The van der Waals surface area contributed by atoms with Gasteiger partial charge in [0.2, 0.25) is 0 Å². The molecule has 0 heterocycles. The molecule has 0 saturated heterocycles. The average Bonchev–Trinajstić information content (AvgIpc) is 2.77. The molecule has 0 radical (unpaired) electrons. The molecule has 0 bridgehead atoms. The molecule has 0 aliphatic carbocycles. The van der Waals surface area contributed by atoms with E-state index in [4.69, 9.17) is 9.47 Å². The average molecular weight is 437 g/mol. The van der Waals surface area contributed by atoms with Gasteiger partial charge in [-0.05, 0) is 31.7 Å². The summed E-state index contributed by atoms with van der Waals surface area (Å²) >= 11 is 0. The summed E-state index contributed by atoms with van der Waals surface area (Å²) in [5, 5.41) is 0. The minimum atomic E-state index is -0.622. The summed E-state index contributed by atoms with van der Waals surface area (Å²) in [6, 6.07) is 10.4. The van der Waals surface area contributed by atoms with E-state index in [0.29, 0.717) is 13.2 Å². The number of alkyl halides is 1. The molecule has 0 aliphatic heterocycles. The molecular weight excluding hydrogens is 387 g/mol. The first-order chi connectivity index (χ1) is 15.2. The highest BCUT2D eigenvalue weighted by atomic mass is 19.1. The van der Waals surface area contributed by atoms with Crippen molar-refractivity contribution in [3.63, 3.8) is 0 Å². The van der Waals surface area contributed by atoms with Gasteiger partial charge >= 0.3 is 0 Å². The van der Waals surface area contributed by atoms with E-state index in [2.05, 4.69) is 31.2 Å². The van der Waals surface area contributed by atoms with Gasteiger partial charge in [-0.25, -0.2) is 4.39 Å². The van der Waals surface area contributed by atoms with Crippen molar-refractivity contribution in [3.05, 3.63) is 35.9 Å². The van der Waals surface area contributed by atoms with E-state index in [-0.39, 0.29) is 6.10 Å². The van der Waals surface area contributed by atoms with Crippen molar-refractivity contribution in [2.45, 2.75) is 129 Å². The Balaban J connectivity index is 1.85. The zero-order valence-corrected chi connectivity index (χ0v) is 20.5. The molecule has 1 aromatic carbocycles. The van der Waals surface area contributed by atoms with Crippen LogP contribution in [0, 0.1) is 0 Å². The summed E-state index contributed by atoms with van der Waals surface area (Å²) in [4.78, 5) is 0. The second-order valence-corrected chi connectivity index (χ2v) is 9.09. The van der Waals surface area contributed by atoms with Gasteiger partial charge in [0, 0.05) is 6.61 Å². The summed E-state index contributed by atoms with van der Waals surface area (Å²) in [6.07, 6.45) is 18.0. The van der Waals surface area contributed by atoms with Gasteiger partial charge in [0.1, 0.15) is 0 Å². The zero-order valence-electron chi connectivity index (χ0n) is 20.5. The Kier molecular flexibility index (Phi) is 19.0. The first kappa shape index (κ1) is 28.1. The Labute approximate surface area is 192 Å². The maximum atomic E-state index is 12.7. The molecule has 0 amide bonds. The molecule has 0 fully saturated rings. The van der Waals surface area contributed by atoms with Crippen molar-refractivity contribution in [1.82, 2.24) is 0 Å². The molecule has 0 N–H and O–H groups in total. The fourth-order valence-corrected chi connectivity index (χ4v) is 3.94. The summed E-state index contributed by atoms with van der Waals surface area (Å²) in [5.74, 6) is 0.